The number of hydrogen-bond donors (Lipinski definition) is 2. The molecule has 0 spiro atoms. The largest absolute Gasteiger partial charge is 0.466 e. The lowest BCUT2D eigenvalue weighted by molar-refractivity contribution is -0.146. The molecule has 30 heavy (non-hydrogen) atoms. The number of carbonyl (C=O) groups excluding carboxylic acids is 3. The molecule has 0 aliphatic heterocycles. The highest BCUT2D eigenvalue weighted by Gasteiger charge is 2.24. The van der Waals surface area contributed by atoms with Crippen molar-refractivity contribution in [2.75, 3.05) is 18.5 Å². The molecule has 1 atom stereocenters. The van der Waals surface area contributed by atoms with E-state index in [9.17, 15) is 14.4 Å². The van der Waals surface area contributed by atoms with Crippen LogP contribution in [0, 0.1) is 0 Å². The van der Waals surface area contributed by atoms with Crippen LogP contribution in [0.1, 0.15) is 42.6 Å². The molecule has 0 heterocycles. The van der Waals surface area contributed by atoms with Gasteiger partial charge < -0.3 is 20.1 Å². The average molecular weight is 412 g/mol. The van der Waals surface area contributed by atoms with Crippen LogP contribution in [-0.4, -0.2) is 37.1 Å². The van der Waals surface area contributed by atoms with E-state index >= 15 is 0 Å². The molecule has 2 rings (SSSR count). The minimum Gasteiger partial charge on any atom is -0.466 e. The Morgan fingerprint density at radius 2 is 1.57 bits per heavy atom. The van der Waals surface area contributed by atoms with Crippen LogP contribution in [0.2, 0.25) is 0 Å². The first-order valence-corrected chi connectivity index (χ1v) is 10.0. The molecule has 7 nitrogen and oxygen atoms in total. The highest BCUT2D eigenvalue weighted by Crippen LogP contribution is 2.12. The molecule has 0 bridgehead atoms. The molecule has 0 aromatic heterocycles. The highest BCUT2D eigenvalue weighted by atomic mass is 16.5. The molecule has 2 aromatic rings. The van der Waals surface area contributed by atoms with Crippen molar-refractivity contribution < 1.29 is 23.9 Å². The Kier molecular flexibility index (Phi) is 9.37. The number of esters is 2. The molecule has 1 unspecified atom stereocenters. The van der Waals surface area contributed by atoms with Crippen molar-refractivity contribution in [2.24, 2.45) is 0 Å². The summed E-state index contributed by atoms with van der Waals surface area (Å²) < 4.78 is 9.89. The topological polar surface area (TPSA) is 93.7 Å². The van der Waals surface area contributed by atoms with E-state index in [-0.39, 0.29) is 26.1 Å². The van der Waals surface area contributed by atoms with Gasteiger partial charge in [0.2, 0.25) is 0 Å². The van der Waals surface area contributed by atoms with Crippen molar-refractivity contribution in [2.45, 2.75) is 39.3 Å². The SMILES string of the molecule is CCOC(=O)CCC(NC(=O)c1ccc(NCc2ccccc2)cc1)C(=O)OCC. The second kappa shape index (κ2) is 12.3. The fraction of sp³-hybridized carbons (Fsp3) is 0.348. The summed E-state index contributed by atoms with van der Waals surface area (Å²) in [6.45, 7) is 4.52. The maximum Gasteiger partial charge on any atom is 0.328 e. The number of anilines is 1. The lowest BCUT2D eigenvalue weighted by Crippen LogP contribution is -2.42. The number of benzene rings is 2. The smallest absolute Gasteiger partial charge is 0.328 e. The van der Waals surface area contributed by atoms with Crippen LogP contribution < -0.4 is 10.6 Å². The first-order chi connectivity index (χ1) is 14.5. The molecule has 0 saturated carbocycles. The van der Waals surface area contributed by atoms with Gasteiger partial charge in [-0.2, -0.15) is 0 Å². The van der Waals surface area contributed by atoms with E-state index in [1.807, 2.05) is 30.3 Å². The Morgan fingerprint density at radius 3 is 2.20 bits per heavy atom. The van der Waals surface area contributed by atoms with Crippen molar-refractivity contribution in [1.82, 2.24) is 5.32 Å². The predicted octanol–water partition coefficient (Wildman–Crippen LogP) is 3.30. The van der Waals surface area contributed by atoms with Gasteiger partial charge in [-0.3, -0.25) is 9.59 Å². The van der Waals surface area contributed by atoms with E-state index in [1.54, 1.807) is 38.1 Å². The highest BCUT2D eigenvalue weighted by molar-refractivity contribution is 5.97. The lowest BCUT2D eigenvalue weighted by Gasteiger charge is -2.17. The first kappa shape index (κ1) is 22.9. The van der Waals surface area contributed by atoms with Gasteiger partial charge in [0, 0.05) is 24.2 Å². The summed E-state index contributed by atoms with van der Waals surface area (Å²) in [4.78, 5) is 36.3. The number of amides is 1. The number of rotatable bonds is 11. The first-order valence-electron chi connectivity index (χ1n) is 10.0. The average Bonchev–Trinajstić information content (AvgIpc) is 2.76. The molecule has 0 aliphatic rings. The van der Waals surface area contributed by atoms with E-state index in [4.69, 9.17) is 9.47 Å². The molecular formula is C23H28N2O5. The van der Waals surface area contributed by atoms with Crippen LogP contribution >= 0.6 is 0 Å². The summed E-state index contributed by atoms with van der Waals surface area (Å²) >= 11 is 0. The van der Waals surface area contributed by atoms with E-state index < -0.39 is 23.9 Å². The molecule has 0 radical (unpaired) electrons. The molecule has 160 valence electrons. The Bertz CT molecular complexity index is 821. The Labute approximate surface area is 176 Å². The third kappa shape index (κ3) is 7.58. The Morgan fingerprint density at radius 1 is 0.900 bits per heavy atom. The summed E-state index contributed by atoms with van der Waals surface area (Å²) in [5, 5.41) is 5.94. The van der Waals surface area contributed by atoms with Crippen LogP contribution in [0.25, 0.3) is 0 Å². The van der Waals surface area contributed by atoms with Gasteiger partial charge in [-0.1, -0.05) is 30.3 Å². The minimum absolute atomic E-state index is 0.0138. The van der Waals surface area contributed by atoms with Crippen LogP contribution in [0.5, 0.6) is 0 Å². The fourth-order valence-electron chi connectivity index (χ4n) is 2.77. The standard InChI is InChI=1S/C23H28N2O5/c1-3-29-21(26)15-14-20(23(28)30-4-2)25-22(27)18-10-12-19(13-11-18)24-16-17-8-6-5-7-9-17/h5-13,20,24H,3-4,14-16H2,1-2H3,(H,25,27). The third-order valence-corrected chi connectivity index (χ3v) is 4.31. The summed E-state index contributed by atoms with van der Waals surface area (Å²) in [5.74, 6) is -1.40. The van der Waals surface area contributed by atoms with Crippen LogP contribution in [0.4, 0.5) is 5.69 Å². The number of carbonyl (C=O) groups is 3. The van der Waals surface area contributed by atoms with Gasteiger partial charge in [0.05, 0.1) is 13.2 Å². The van der Waals surface area contributed by atoms with Crippen LogP contribution in [0.15, 0.2) is 54.6 Å². The molecule has 2 aromatic carbocycles. The number of hydrogen-bond acceptors (Lipinski definition) is 6. The quantitative estimate of drug-likeness (QED) is 0.550. The summed E-state index contributed by atoms with van der Waals surface area (Å²) in [7, 11) is 0. The zero-order valence-electron chi connectivity index (χ0n) is 17.4. The van der Waals surface area contributed by atoms with Gasteiger partial charge in [0.15, 0.2) is 0 Å². The van der Waals surface area contributed by atoms with Crippen molar-refractivity contribution >= 4 is 23.5 Å². The maximum absolute atomic E-state index is 12.6. The van der Waals surface area contributed by atoms with E-state index in [1.165, 1.54) is 0 Å². The second-order valence-corrected chi connectivity index (χ2v) is 6.54. The van der Waals surface area contributed by atoms with Crippen molar-refractivity contribution in [3.05, 3.63) is 65.7 Å². The summed E-state index contributed by atoms with van der Waals surface area (Å²) in [6.07, 6.45) is 0.125. The molecular weight excluding hydrogens is 384 g/mol. The van der Waals surface area contributed by atoms with Crippen molar-refractivity contribution in [3.8, 4) is 0 Å². The van der Waals surface area contributed by atoms with E-state index in [0.717, 1.165) is 11.3 Å². The summed E-state index contributed by atoms with van der Waals surface area (Å²) in [6, 6.07) is 16.0. The zero-order chi connectivity index (χ0) is 21.8. The number of nitrogens with one attached hydrogen (secondary N) is 2. The van der Waals surface area contributed by atoms with Gasteiger partial charge >= 0.3 is 11.9 Å². The van der Waals surface area contributed by atoms with E-state index in [0.29, 0.717) is 12.1 Å². The van der Waals surface area contributed by atoms with Gasteiger partial charge in [-0.25, -0.2) is 4.79 Å². The van der Waals surface area contributed by atoms with Gasteiger partial charge in [0.25, 0.3) is 5.91 Å². The third-order valence-electron chi connectivity index (χ3n) is 4.31. The van der Waals surface area contributed by atoms with Crippen molar-refractivity contribution in [3.63, 3.8) is 0 Å². The Balaban J connectivity index is 1.94. The van der Waals surface area contributed by atoms with Crippen LogP contribution in [0.3, 0.4) is 0 Å². The molecule has 7 heteroatoms. The number of ether oxygens (including phenoxy) is 2. The minimum atomic E-state index is -0.919. The molecule has 0 fully saturated rings. The monoisotopic (exact) mass is 412 g/mol. The predicted molar refractivity (Wildman–Crippen MR) is 114 cm³/mol. The van der Waals surface area contributed by atoms with Crippen LogP contribution in [-0.2, 0) is 25.6 Å². The summed E-state index contributed by atoms with van der Waals surface area (Å²) in [5.41, 5.74) is 2.43. The van der Waals surface area contributed by atoms with E-state index in [2.05, 4.69) is 10.6 Å². The maximum atomic E-state index is 12.6. The fourth-order valence-corrected chi connectivity index (χ4v) is 2.77. The lowest BCUT2D eigenvalue weighted by atomic mass is 10.1. The molecule has 0 aliphatic carbocycles. The molecule has 0 saturated heterocycles. The second-order valence-electron chi connectivity index (χ2n) is 6.54. The normalized spacial score (nSPS) is 11.3. The van der Waals surface area contributed by atoms with Gasteiger partial charge in [0.1, 0.15) is 6.04 Å². The molecule has 1 amide bonds. The van der Waals surface area contributed by atoms with Gasteiger partial charge in [-0.05, 0) is 50.1 Å². The van der Waals surface area contributed by atoms with Crippen molar-refractivity contribution in [1.29, 1.82) is 0 Å². The molecule has 2 N–H and O–H groups in total. The zero-order valence-corrected chi connectivity index (χ0v) is 17.4. The van der Waals surface area contributed by atoms with Gasteiger partial charge in [-0.15, -0.1) is 0 Å². The Hall–Kier alpha value is -3.35.